The van der Waals surface area contributed by atoms with Gasteiger partial charge < -0.3 is 10.2 Å². The minimum Gasteiger partial charge on any atom is -0.339 e. The molecule has 0 radical (unpaired) electrons. The van der Waals surface area contributed by atoms with Crippen molar-refractivity contribution in [3.05, 3.63) is 66.1 Å². The van der Waals surface area contributed by atoms with Crippen LogP contribution in [0.25, 0.3) is 0 Å². The lowest BCUT2D eigenvalue weighted by Crippen LogP contribution is -2.33. The molecule has 2 aliphatic rings. The van der Waals surface area contributed by atoms with Gasteiger partial charge in [0.1, 0.15) is 0 Å². The van der Waals surface area contributed by atoms with Crippen LogP contribution in [-0.2, 0) is 6.18 Å². The molecular weight excluding hydrogens is 355 g/mol. The van der Waals surface area contributed by atoms with Gasteiger partial charge in [-0.1, -0.05) is 12.2 Å². The van der Waals surface area contributed by atoms with Crippen LogP contribution in [0.5, 0.6) is 0 Å². The molecule has 2 heterocycles. The van der Waals surface area contributed by atoms with E-state index in [-0.39, 0.29) is 12.2 Å². The van der Waals surface area contributed by atoms with Crippen molar-refractivity contribution in [1.82, 2.24) is 15.3 Å². The van der Waals surface area contributed by atoms with Gasteiger partial charge in [0, 0.05) is 11.4 Å². The predicted octanol–water partition coefficient (Wildman–Crippen LogP) is 4.21. The molecule has 1 fully saturated rings. The Morgan fingerprint density at radius 3 is 2.70 bits per heavy atom. The molecule has 1 aliphatic heterocycles. The van der Waals surface area contributed by atoms with Gasteiger partial charge in [-0.25, -0.2) is 4.98 Å². The molecule has 0 bridgehead atoms. The van der Waals surface area contributed by atoms with E-state index in [0.717, 1.165) is 24.3 Å². The van der Waals surface area contributed by atoms with E-state index < -0.39 is 11.7 Å². The molecule has 2 aromatic rings. The average molecular weight is 373 g/mol. The highest BCUT2D eigenvalue weighted by Crippen LogP contribution is 2.32. The Bertz CT molecular complexity index is 889. The molecule has 4 rings (SSSR count). The van der Waals surface area contributed by atoms with Gasteiger partial charge in [-0.05, 0) is 43.7 Å². The number of benzene rings is 1. The zero-order valence-corrected chi connectivity index (χ0v) is 14.5. The van der Waals surface area contributed by atoms with Crippen molar-refractivity contribution in [2.24, 2.45) is 0 Å². The van der Waals surface area contributed by atoms with Gasteiger partial charge in [-0.15, -0.1) is 0 Å². The lowest BCUT2D eigenvalue weighted by molar-refractivity contribution is -0.137. The standard InChI is InChI=1S/C19H18F3N5/c1-12-24-15-4-2-3-5-16(15)27(12)18-11-23-10-17(26-18)25-14-8-6-13(7-9-14)19(20,21)22/h2-3,5-12,15,24H,4H2,1H3,(H,25,26). The van der Waals surface area contributed by atoms with Crippen molar-refractivity contribution in [1.29, 1.82) is 0 Å². The van der Waals surface area contributed by atoms with Crippen LogP contribution >= 0.6 is 0 Å². The number of nitrogens with zero attached hydrogens (tertiary/aromatic N) is 3. The van der Waals surface area contributed by atoms with E-state index in [4.69, 9.17) is 0 Å². The third-order valence-electron chi connectivity index (χ3n) is 4.59. The first kappa shape index (κ1) is 17.5. The van der Waals surface area contributed by atoms with Gasteiger partial charge in [-0.3, -0.25) is 10.3 Å². The van der Waals surface area contributed by atoms with Crippen LogP contribution < -0.4 is 15.5 Å². The molecule has 2 atom stereocenters. The molecule has 27 heavy (non-hydrogen) atoms. The predicted molar refractivity (Wildman–Crippen MR) is 97.5 cm³/mol. The summed E-state index contributed by atoms with van der Waals surface area (Å²) in [4.78, 5) is 10.9. The fourth-order valence-corrected chi connectivity index (χ4v) is 3.36. The van der Waals surface area contributed by atoms with Crippen LogP contribution in [-0.4, -0.2) is 22.2 Å². The van der Waals surface area contributed by atoms with Crippen molar-refractivity contribution in [3.63, 3.8) is 0 Å². The van der Waals surface area contributed by atoms with Crippen molar-refractivity contribution < 1.29 is 13.2 Å². The summed E-state index contributed by atoms with van der Waals surface area (Å²) in [5.74, 6) is 1.14. The second-order valence-corrected chi connectivity index (χ2v) is 6.48. The van der Waals surface area contributed by atoms with E-state index in [2.05, 4.69) is 44.6 Å². The monoisotopic (exact) mass is 373 g/mol. The molecule has 8 heteroatoms. The summed E-state index contributed by atoms with van der Waals surface area (Å²) in [6, 6.07) is 5.08. The van der Waals surface area contributed by atoms with Crippen LogP contribution in [0.3, 0.4) is 0 Å². The maximum Gasteiger partial charge on any atom is 0.416 e. The second-order valence-electron chi connectivity index (χ2n) is 6.48. The van der Waals surface area contributed by atoms with Crippen molar-refractivity contribution in [2.75, 3.05) is 10.2 Å². The summed E-state index contributed by atoms with van der Waals surface area (Å²) in [6.07, 6.45) is 6.06. The van der Waals surface area contributed by atoms with Gasteiger partial charge in [-0.2, -0.15) is 13.2 Å². The molecule has 5 nitrogen and oxygen atoms in total. The number of hydrogen-bond acceptors (Lipinski definition) is 5. The van der Waals surface area contributed by atoms with Gasteiger partial charge in [0.2, 0.25) is 0 Å². The van der Waals surface area contributed by atoms with Gasteiger partial charge in [0.15, 0.2) is 11.6 Å². The molecular formula is C19H18F3N5. The second kappa shape index (κ2) is 6.70. The summed E-state index contributed by atoms with van der Waals surface area (Å²) < 4.78 is 38.0. The SMILES string of the molecule is CC1NC2CC=CC=C2N1c1cncc(Nc2ccc(C(F)(F)F)cc2)n1. The van der Waals surface area contributed by atoms with E-state index in [9.17, 15) is 13.2 Å². The fourth-order valence-electron chi connectivity index (χ4n) is 3.36. The lowest BCUT2D eigenvalue weighted by Gasteiger charge is -2.24. The molecule has 2 unspecified atom stereocenters. The Hall–Kier alpha value is -2.87. The van der Waals surface area contributed by atoms with Crippen molar-refractivity contribution in [3.8, 4) is 0 Å². The zero-order chi connectivity index (χ0) is 19.0. The van der Waals surface area contributed by atoms with E-state index in [1.54, 1.807) is 12.4 Å². The summed E-state index contributed by atoms with van der Waals surface area (Å²) in [7, 11) is 0. The van der Waals surface area contributed by atoms with Gasteiger partial charge >= 0.3 is 6.18 Å². The number of allylic oxidation sites excluding steroid dienone is 2. The molecule has 0 saturated carbocycles. The maximum absolute atomic E-state index is 12.7. The molecule has 1 aromatic heterocycles. The normalized spacial score (nSPS) is 21.8. The third kappa shape index (κ3) is 3.52. The molecule has 0 spiro atoms. The van der Waals surface area contributed by atoms with E-state index in [0.29, 0.717) is 17.3 Å². The average Bonchev–Trinajstić information content (AvgIpc) is 2.97. The molecule has 140 valence electrons. The minimum atomic E-state index is -4.35. The Morgan fingerprint density at radius 1 is 1.19 bits per heavy atom. The van der Waals surface area contributed by atoms with E-state index in [1.165, 1.54) is 12.1 Å². The Morgan fingerprint density at radius 2 is 1.96 bits per heavy atom. The summed E-state index contributed by atoms with van der Waals surface area (Å²) in [5.41, 5.74) is 0.957. The Labute approximate surface area is 154 Å². The van der Waals surface area contributed by atoms with Crippen molar-refractivity contribution in [2.45, 2.75) is 31.7 Å². The highest BCUT2D eigenvalue weighted by atomic mass is 19.4. The van der Waals surface area contributed by atoms with Crippen LogP contribution in [0.15, 0.2) is 60.6 Å². The number of aromatic nitrogens is 2. The van der Waals surface area contributed by atoms with Crippen LogP contribution in [0.1, 0.15) is 18.9 Å². The summed E-state index contributed by atoms with van der Waals surface area (Å²) >= 11 is 0. The summed E-state index contributed by atoms with van der Waals surface area (Å²) in [5, 5.41) is 6.52. The Kier molecular flexibility index (Phi) is 4.35. The Balaban J connectivity index is 1.56. The first-order valence-electron chi connectivity index (χ1n) is 8.60. The molecule has 1 saturated heterocycles. The van der Waals surface area contributed by atoms with Crippen molar-refractivity contribution >= 4 is 17.3 Å². The lowest BCUT2D eigenvalue weighted by atomic mass is 10.1. The third-order valence-corrected chi connectivity index (χ3v) is 4.59. The maximum atomic E-state index is 12.7. The molecule has 2 N–H and O–H groups in total. The number of alkyl halides is 3. The zero-order valence-electron chi connectivity index (χ0n) is 14.5. The number of nitrogens with one attached hydrogen (secondary N) is 2. The molecule has 0 amide bonds. The summed E-state index contributed by atoms with van der Waals surface area (Å²) in [6.45, 7) is 2.05. The van der Waals surface area contributed by atoms with Crippen LogP contribution in [0.4, 0.5) is 30.5 Å². The number of hydrogen-bond donors (Lipinski definition) is 2. The highest BCUT2D eigenvalue weighted by molar-refractivity contribution is 5.60. The van der Waals surface area contributed by atoms with E-state index in [1.807, 2.05) is 6.08 Å². The first-order valence-corrected chi connectivity index (χ1v) is 8.60. The fraction of sp³-hybridized carbons (Fsp3) is 0.263. The number of rotatable bonds is 3. The molecule has 1 aromatic carbocycles. The molecule has 1 aliphatic carbocycles. The van der Waals surface area contributed by atoms with Crippen LogP contribution in [0, 0.1) is 0 Å². The first-order chi connectivity index (χ1) is 12.9. The smallest absolute Gasteiger partial charge is 0.339 e. The van der Waals surface area contributed by atoms with Crippen LogP contribution in [0.2, 0.25) is 0 Å². The number of fused-ring (bicyclic) bond motifs is 1. The highest BCUT2D eigenvalue weighted by Gasteiger charge is 2.34. The van der Waals surface area contributed by atoms with Gasteiger partial charge in [0.25, 0.3) is 0 Å². The quantitative estimate of drug-likeness (QED) is 0.844. The number of halogens is 3. The minimum absolute atomic E-state index is 0.0665. The largest absolute Gasteiger partial charge is 0.416 e. The number of anilines is 3. The van der Waals surface area contributed by atoms with Gasteiger partial charge in [0.05, 0.1) is 30.2 Å². The topological polar surface area (TPSA) is 53.1 Å². The van der Waals surface area contributed by atoms with E-state index >= 15 is 0 Å².